The second kappa shape index (κ2) is 5.94. The highest BCUT2D eigenvalue weighted by Crippen LogP contribution is 2.23. The third-order valence-corrected chi connectivity index (χ3v) is 3.82. The van der Waals surface area contributed by atoms with Gasteiger partial charge in [-0.15, -0.1) is 11.8 Å². The summed E-state index contributed by atoms with van der Waals surface area (Å²) in [6.45, 7) is 3.69. The summed E-state index contributed by atoms with van der Waals surface area (Å²) in [5, 5.41) is 4.66. The Balaban J connectivity index is 1.90. The molecule has 0 unspecified atom stereocenters. The smallest absolute Gasteiger partial charge is 0.236 e. The summed E-state index contributed by atoms with van der Waals surface area (Å²) >= 11 is 7.76. The van der Waals surface area contributed by atoms with Crippen LogP contribution in [-0.2, 0) is 17.0 Å². The molecule has 0 radical (unpaired) electrons. The van der Waals surface area contributed by atoms with Crippen LogP contribution in [0.2, 0.25) is 5.02 Å². The van der Waals surface area contributed by atoms with E-state index in [2.05, 4.69) is 10.1 Å². The van der Waals surface area contributed by atoms with Gasteiger partial charge in [-0.3, -0.25) is 0 Å². The first-order valence-corrected chi connectivity index (χ1v) is 7.43. The highest BCUT2D eigenvalue weighted by atomic mass is 35.5. The first-order valence-electron chi connectivity index (χ1n) is 5.90. The quantitative estimate of drug-likeness (QED) is 0.917. The Kier molecular flexibility index (Phi) is 4.50. The van der Waals surface area contributed by atoms with E-state index in [1.54, 1.807) is 11.8 Å². The maximum absolute atomic E-state index is 6.09. The lowest BCUT2D eigenvalue weighted by atomic mass is 10.1. The summed E-state index contributed by atoms with van der Waals surface area (Å²) in [4.78, 5) is 4.28. The van der Waals surface area contributed by atoms with Crippen molar-refractivity contribution in [2.45, 2.75) is 30.9 Å². The third-order valence-electron chi connectivity index (χ3n) is 2.49. The Morgan fingerprint density at radius 2 is 2.05 bits per heavy atom. The molecule has 0 aliphatic rings. The number of hydrogen-bond acceptors (Lipinski definition) is 5. The average molecular weight is 298 g/mol. The molecular weight excluding hydrogens is 282 g/mol. The molecule has 4 nitrogen and oxygen atoms in total. The maximum atomic E-state index is 6.09. The molecule has 0 bridgehead atoms. The van der Waals surface area contributed by atoms with Gasteiger partial charge in [-0.2, -0.15) is 4.98 Å². The van der Waals surface area contributed by atoms with E-state index < -0.39 is 5.54 Å². The van der Waals surface area contributed by atoms with E-state index in [9.17, 15) is 0 Å². The first-order chi connectivity index (χ1) is 8.97. The lowest BCUT2D eigenvalue weighted by Crippen LogP contribution is -2.30. The molecule has 0 aliphatic heterocycles. The number of thioether (sulfide) groups is 1. The van der Waals surface area contributed by atoms with Crippen LogP contribution < -0.4 is 5.73 Å². The van der Waals surface area contributed by atoms with Crippen LogP contribution in [0.3, 0.4) is 0 Å². The summed E-state index contributed by atoms with van der Waals surface area (Å²) < 4.78 is 5.16. The predicted molar refractivity (Wildman–Crippen MR) is 78.0 cm³/mol. The van der Waals surface area contributed by atoms with Crippen LogP contribution in [0.15, 0.2) is 28.8 Å². The fourth-order valence-electron chi connectivity index (χ4n) is 1.44. The Bertz CT molecular complexity index is 551. The minimum Gasteiger partial charge on any atom is -0.338 e. The normalized spacial score (nSPS) is 11.8. The number of benzene rings is 1. The molecule has 1 heterocycles. The lowest BCUT2D eigenvalue weighted by molar-refractivity contribution is 0.370. The Morgan fingerprint density at radius 3 is 2.68 bits per heavy atom. The van der Waals surface area contributed by atoms with Crippen molar-refractivity contribution in [3.63, 3.8) is 0 Å². The number of hydrogen-bond donors (Lipinski definition) is 1. The van der Waals surface area contributed by atoms with Gasteiger partial charge in [-0.1, -0.05) is 35.0 Å². The Morgan fingerprint density at radius 1 is 1.32 bits per heavy atom. The van der Waals surface area contributed by atoms with Gasteiger partial charge in [0.1, 0.15) is 0 Å². The predicted octanol–water partition coefficient (Wildman–Crippen LogP) is 3.35. The van der Waals surface area contributed by atoms with E-state index in [1.165, 1.54) is 0 Å². The molecule has 19 heavy (non-hydrogen) atoms. The summed E-state index contributed by atoms with van der Waals surface area (Å²) in [7, 11) is 0. The van der Waals surface area contributed by atoms with Crippen LogP contribution >= 0.6 is 23.4 Å². The van der Waals surface area contributed by atoms with E-state index in [1.807, 2.05) is 38.1 Å². The summed E-state index contributed by atoms with van der Waals surface area (Å²) in [6, 6.07) is 7.80. The number of halogens is 1. The van der Waals surface area contributed by atoms with E-state index in [0.717, 1.165) is 16.3 Å². The van der Waals surface area contributed by atoms with Crippen LogP contribution in [0.4, 0.5) is 0 Å². The molecule has 0 saturated heterocycles. The topological polar surface area (TPSA) is 64.9 Å². The molecule has 2 aromatic rings. The molecular formula is C13H16ClN3OS. The number of nitrogens with zero attached hydrogens (tertiary/aromatic N) is 2. The van der Waals surface area contributed by atoms with Crippen LogP contribution in [0.1, 0.15) is 31.1 Å². The Hall–Kier alpha value is -1.04. The lowest BCUT2D eigenvalue weighted by Gasteiger charge is -2.11. The largest absolute Gasteiger partial charge is 0.338 e. The first kappa shape index (κ1) is 14.4. The minimum absolute atomic E-state index is 0.529. The molecule has 2 N–H and O–H groups in total. The van der Waals surface area contributed by atoms with E-state index >= 15 is 0 Å². The van der Waals surface area contributed by atoms with E-state index in [4.69, 9.17) is 21.9 Å². The van der Waals surface area contributed by atoms with Gasteiger partial charge >= 0.3 is 0 Å². The van der Waals surface area contributed by atoms with Crippen molar-refractivity contribution >= 4 is 23.4 Å². The maximum Gasteiger partial charge on any atom is 0.236 e. The zero-order valence-electron chi connectivity index (χ0n) is 10.9. The van der Waals surface area contributed by atoms with Gasteiger partial charge in [-0.25, -0.2) is 0 Å². The van der Waals surface area contributed by atoms with Crippen molar-refractivity contribution in [2.75, 3.05) is 0 Å². The van der Waals surface area contributed by atoms with Gasteiger partial charge in [0.05, 0.1) is 11.3 Å². The molecule has 2 rings (SSSR count). The molecule has 0 amide bonds. The van der Waals surface area contributed by atoms with Gasteiger partial charge in [0.15, 0.2) is 5.82 Å². The van der Waals surface area contributed by atoms with E-state index in [0.29, 0.717) is 17.5 Å². The van der Waals surface area contributed by atoms with Crippen LogP contribution in [0.25, 0.3) is 0 Å². The second-order valence-electron chi connectivity index (χ2n) is 4.82. The highest BCUT2D eigenvalue weighted by molar-refractivity contribution is 7.97. The van der Waals surface area contributed by atoms with Crippen molar-refractivity contribution in [2.24, 2.45) is 5.73 Å². The van der Waals surface area contributed by atoms with Crippen molar-refractivity contribution < 1.29 is 4.52 Å². The van der Waals surface area contributed by atoms with Crippen LogP contribution in [-0.4, -0.2) is 10.1 Å². The molecule has 6 heteroatoms. The molecule has 0 fully saturated rings. The zero-order valence-corrected chi connectivity index (χ0v) is 12.5. The standard InChI is InChI=1S/C13H16ClN3OS/c1-13(2,15)12-16-11(18-17-12)8-19-7-9-5-3-4-6-10(9)14/h3-6H,7-8,15H2,1-2H3. The fraction of sp³-hybridized carbons (Fsp3) is 0.385. The fourth-order valence-corrected chi connectivity index (χ4v) is 2.59. The van der Waals surface area contributed by atoms with Crippen molar-refractivity contribution in [1.82, 2.24) is 10.1 Å². The van der Waals surface area contributed by atoms with Gasteiger partial charge in [-0.05, 0) is 25.5 Å². The number of aromatic nitrogens is 2. The summed E-state index contributed by atoms with van der Waals surface area (Å²) in [5.74, 6) is 2.57. The summed E-state index contributed by atoms with van der Waals surface area (Å²) in [5.41, 5.74) is 6.43. The monoisotopic (exact) mass is 297 g/mol. The highest BCUT2D eigenvalue weighted by Gasteiger charge is 2.21. The minimum atomic E-state index is -0.574. The molecule has 1 aromatic carbocycles. The van der Waals surface area contributed by atoms with Crippen molar-refractivity contribution in [1.29, 1.82) is 0 Å². The molecule has 0 spiro atoms. The molecule has 0 aliphatic carbocycles. The van der Waals surface area contributed by atoms with Gasteiger partial charge in [0.25, 0.3) is 0 Å². The molecule has 102 valence electrons. The molecule has 1 aromatic heterocycles. The third kappa shape index (κ3) is 3.96. The van der Waals surface area contributed by atoms with Crippen LogP contribution in [0, 0.1) is 0 Å². The van der Waals surface area contributed by atoms with Gasteiger partial charge in [0, 0.05) is 10.8 Å². The van der Waals surface area contributed by atoms with Crippen molar-refractivity contribution in [3.05, 3.63) is 46.6 Å². The Labute approximate surface area is 121 Å². The van der Waals surface area contributed by atoms with Crippen LogP contribution in [0.5, 0.6) is 0 Å². The second-order valence-corrected chi connectivity index (χ2v) is 6.21. The van der Waals surface area contributed by atoms with Gasteiger partial charge in [0.2, 0.25) is 5.89 Å². The average Bonchev–Trinajstić information content (AvgIpc) is 2.80. The number of nitrogens with two attached hydrogens (primary N) is 1. The SMILES string of the molecule is CC(C)(N)c1noc(CSCc2ccccc2Cl)n1. The van der Waals surface area contributed by atoms with Crippen molar-refractivity contribution in [3.8, 4) is 0 Å². The van der Waals surface area contributed by atoms with Gasteiger partial charge < -0.3 is 10.3 Å². The zero-order chi connectivity index (χ0) is 13.9. The number of rotatable bonds is 5. The molecule has 0 saturated carbocycles. The summed E-state index contributed by atoms with van der Waals surface area (Å²) in [6.07, 6.45) is 0. The molecule has 0 atom stereocenters. The van der Waals surface area contributed by atoms with E-state index in [-0.39, 0.29) is 0 Å².